The molecule has 3 aliphatic rings. The molecule has 4 aromatic carbocycles. The summed E-state index contributed by atoms with van der Waals surface area (Å²) in [6, 6.07) is 19.8. The van der Waals surface area contributed by atoms with Crippen LogP contribution in [0.5, 0.6) is 11.5 Å². The summed E-state index contributed by atoms with van der Waals surface area (Å²) in [6.45, 7) is 7.52. The molecule has 53 heavy (non-hydrogen) atoms. The molecule has 2 aromatic heterocycles. The van der Waals surface area contributed by atoms with E-state index in [-0.39, 0.29) is 17.9 Å². The number of likely N-dealkylation sites (tertiary alicyclic amines) is 1. The van der Waals surface area contributed by atoms with E-state index in [4.69, 9.17) is 42.4 Å². The zero-order valence-electron chi connectivity index (χ0n) is 29.2. The van der Waals surface area contributed by atoms with Crippen molar-refractivity contribution in [3.63, 3.8) is 0 Å². The number of anilines is 1. The number of halogens is 3. The van der Waals surface area contributed by atoms with E-state index in [9.17, 15) is 9.18 Å². The van der Waals surface area contributed by atoms with Gasteiger partial charge in [-0.1, -0.05) is 35.3 Å². The van der Waals surface area contributed by atoms with Crippen molar-refractivity contribution in [2.24, 2.45) is 0 Å². The average Bonchev–Trinajstić information content (AvgIpc) is 3.78. The molecule has 2 fully saturated rings. The van der Waals surface area contributed by atoms with Gasteiger partial charge in [0.2, 0.25) is 0 Å². The number of nitrogens with one attached hydrogen (secondary N) is 2. The maximum atomic E-state index is 14.9. The van der Waals surface area contributed by atoms with Gasteiger partial charge in [-0.25, -0.2) is 9.37 Å². The third-order valence-corrected chi connectivity index (χ3v) is 11.3. The number of H-pyrrole nitrogens is 1. The molecule has 6 aromatic rings. The van der Waals surface area contributed by atoms with Gasteiger partial charge in [0.15, 0.2) is 11.5 Å². The number of piperidine rings is 1. The van der Waals surface area contributed by atoms with Crippen LogP contribution < -0.4 is 14.8 Å². The number of aromatic amines is 1. The van der Waals surface area contributed by atoms with Gasteiger partial charge < -0.3 is 24.1 Å². The van der Waals surface area contributed by atoms with Crippen LogP contribution in [-0.2, 0) is 23.6 Å². The Bertz CT molecular complexity index is 2400. The van der Waals surface area contributed by atoms with E-state index in [0.29, 0.717) is 50.4 Å². The predicted molar refractivity (Wildman–Crippen MR) is 202 cm³/mol. The number of aryl methyl sites for hydroxylation is 1. The van der Waals surface area contributed by atoms with E-state index >= 15 is 0 Å². The zero-order chi connectivity index (χ0) is 36.4. The number of fused-ring (bicyclic) bond motifs is 3. The summed E-state index contributed by atoms with van der Waals surface area (Å²) in [5.41, 5.74) is 5.77. The molecule has 3 aliphatic heterocycles. The first-order valence-electron chi connectivity index (χ1n) is 17.9. The molecule has 0 radical (unpaired) electrons. The first-order valence-corrected chi connectivity index (χ1v) is 18.6. The Kier molecular flexibility index (Phi) is 8.57. The number of nitrogens with zero attached hydrogens (tertiary/aromatic N) is 4. The molecule has 10 nitrogen and oxygen atoms in total. The van der Waals surface area contributed by atoms with Gasteiger partial charge in [0.05, 0.1) is 52.0 Å². The second-order valence-electron chi connectivity index (χ2n) is 14.3. The average molecular weight is 756 g/mol. The van der Waals surface area contributed by atoms with E-state index in [1.54, 1.807) is 31.2 Å². The quantitative estimate of drug-likeness (QED) is 0.160. The van der Waals surface area contributed by atoms with Gasteiger partial charge in [-0.05, 0) is 99.8 Å². The van der Waals surface area contributed by atoms with Gasteiger partial charge in [0.1, 0.15) is 11.6 Å². The third-order valence-electron chi connectivity index (χ3n) is 10.8. The fourth-order valence-corrected chi connectivity index (χ4v) is 8.21. The van der Waals surface area contributed by atoms with Crippen LogP contribution in [0.25, 0.3) is 21.9 Å². The molecule has 1 amide bonds. The minimum atomic E-state index is -1.29. The van der Waals surface area contributed by atoms with Crippen LogP contribution in [0.2, 0.25) is 10.0 Å². The Labute approximate surface area is 315 Å². The summed E-state index contributed by atoms with van der Waals surface area (Å²) in [5, 5.41) is 11.7. The van der Waals surface area contributed by atoms with E-state index in [1.807, 2.05) is 37.3 Å². The van der Waals surface area contributed by atoms with Crippen molar-refractivity contribution < 1.29 is 23.4 Å². The first kappa shape index (κ1) is 34.1. The number of amides is 1. The van der Waals surface area contributed by atoms with Crippen molar-refractivity contribution in [1.82, 2.24) is 24.6 Å². The highest BCUT2D eigenvalue weighted by Crippen LogP contribution is 2.50. The SMILES string of the molecule is Cc1n[nH]c2c(Cl)cc(C(=O)Nc3ccc4c(c3)nc(CN3CCC(c5cccc6c5OC(C)(c5ccc(Cl)cc5F)O6)CC3)n4C[C@@H]3CCO3)cc12. The zero-order valence-corrected chi connectivity index (χ0v) is 30.7. The highest BCUT2D eigenvalue weighted by molar-refractivity contribution is 6.35. The maximum absolute atomic E-state index is 14.9. The minimum absolute atomic E-state index is 0.150. The lowest BCUT2D eigenvalue weighted by Gasteiger charge is -2.33. The maximum Gasteiger partial charge on any atom is 0.278 e. The minimum Gasteiger partial charge on any atom is -0.444 e. The Balaban J connectivity index is 0.912. The number of para-hydroxylation sites is 1. The molecule has 272 valence electrons. The van der Waals surface area contributed by atoms with Crippen LogP contribution in [0, 0.1) is 12.7 Å². The molecule has 1 unspecified atom stereocenters. The second-order valence-corrected chi connectivity index (χ2v) is 15.1. The number of aromatic nitrogens is 4. The molecule has 0 spiro atoms. The second kappa shape index (κ2) is 13.3. The Morgan fingerprint density at radius 3 is 2.66 bits per heavy atom. The summed E-state index contributed by atoms with van der Waals surface area (Å²) in [7, 11) is 0. The highest BCUT2D eigenvalue weighted by atomic mass is 35.5. The van der Waals surface area contributed by atoms with Crippen LogP contribution in [0.4, 0.5) is 10.1 Å². The topological polar surface area (TPSA) is 107 Å². The number of rotatable bonds is 8. The monoisotopic (exact) mass is 754 g/mol. The molecule has 0 bridgehead atoms. The fourth-order valence-electron chi connectivity index (χ4n) is 7.79. The molecular weight excluding hydrogens is 718 g/mol. The number of imidazole rings is 1. The van der Waals surface area contributed by atoms with Gasteiger partial charge in [-0.2, -0.15) is 5.10 Å². The van der Waals surface area contributed by atoms with Gasteiger partial charge >= 0.3 is 0 Å². The lowest BCUT2D eigenvalue weighted by Crippen LogP contribution is -2.35. The van der Waals surface area contributed by atoms with Crippen LogP contribution in [0.3, 0.4) is 0 Å². The summed E-state index contributed by atoms with van der Waals surface area (Å²) in [6.07, 6.45) is 3.00. The van der Waals surface area contributed by atoms with Crippen molar-refractivity contribution in [3.8, 4) is 11.5 Å². The summed E-state index contributed by atoms with van der Waals surface area (Å²) < 4.78 is 35.7. The summed E-state index contributed by atoms with van der Waals surface area (Å²) in [5.74, 6) is 0.480. The summed E-state index contributed by atoms with van der Waals surface area (Å²) >= 11 is 12.5. The number of hydrogen-bond acceptors (Lipinski definition) is 7. The number of carbonyl (C=O) groups excluding carboxylic acids is 1. The van der Waals surface area contributed by atoms with E-state index in [2.05, 4.69) is 31.0 Å². The van der Waals surface area contributed by atoms with Gasteiger partial charge in [0, 0.05) is 40.8 Å². The van der Waals surface area contributed by atoms with Crippen LogP contribution in [0.1, 0.15) is 65.1 Å². The van der Waals surface area contributed by atoms with Crippen molar-refractivity contribution >= 4 is 56.7 Å². The standard InChI is InChI=1S/C40H37Cl2FN6O4/c1-22-29-16-24(17-31(42)37(29)47-46-22)39(50)44-26-7-9-34-33(19-26)45-36(49(34)20-27-12-15-51-27)21-48-13-10-23(11-14-48)28-4-3-5-35-38(28)53-40(2,52-35)30-8-6-25(41)18-32(30)43/h3-9,16-19,23,27H,10-15,20-21H2,1-2H3,(H,44,50)(H,46,47)/t27-,40?/m0/s1. The van der Waals surface area contributed by atoms with E-state index in [1.165, 1.54) is 6.07 Å². The first-order chi connectivity index (χ1) is 25.6. The molecule has 5 heterocycles. The number of ether oxygens (including phenoxy) is 3. The van der Waals surface area contributed by atoms with E-state index in [0.717, 1.165) is 79.0 Å². The molecule has 9 rings (SSSR count). The highest BCUT2D eigenvalue weighted by Gasteiger charge is 2.43. The normalized spacial score (nSPS) is 20.3. The Morgan fingerprint density at radius 2 is 1.89 bits per heavy atom. The molecule has 2 saturated heterocycles. The van der Waals surface area contributed by atoms with Crippen LogP contribution in [0.15, 0.2) is 66.7 Å². The number of benzene rings is 4. The van der Waals surface area contributed by atoms with E-state index < -0.39 is 11.6 Å². The van der Waals surface area contributed by atoms with Crippen molar-refractivity contribution in [3.05, 3.63) is 111 Å². The van der Waals surface area contributed by atoms with Crippen molar-refractivity contribution in [2.75, 3.05) is 25.0 Å². The molecule has 13 heteroatoms. The lowest BCUT2D eigenvalue weighted by molar-refractivity contribution is -0.0712. The van der Waals surface area contributed by atoms with Gasteiger partial charge in [-0.15, -0.1) is 0 Å². The molecule has 0 saturated carbocycles. The molecule has 0 aliphatic carbocycles. The number of hydrogen-bond donors (Lipinski definition) is 2. The fraction of sp³-hybridized carbons (Fsp3) is 0.325. The van der Waals surface area contributed by atoms with Crippen molar-refractivity contribution in [2.45, 2.75) is 64.0 Å². The van der Waals surface area contributed by atoms with Crippen molar-refractivity contribution in [1.29, 1.82) is 0 Å². The predicted octanol–water partition coefficient (Wildman–Crippen LogP) is 8.73. The molecular formula is C40H37Cl2FN6O4. The van der Waals surface area contributed by atoms with Gasteiger partial charge in [0.25, 0.3) is 11.7 Å². The number of carbonyl (C=O) groups is 1. The smallest absolute Gasteiger partial charge is 0.278 e. The largest absolute Gasteiger partial charge is 0.444 e. The third kappa shape index (κ3) is 6.29. The lowest BCUT2D eigenvalue weighted by atomic mass is 9.88. The summed E-state index contributed by atoms with van der Waals surface area (Å²) in [4.78, 5) is 20.9. The van der Waals surface area contributed by atoms with Crippen LogP contribution in [-0.4, -0.2) is 56.4 Å². The van der Waals surface area contributed by atoms with Crippen LogP contribution >= 0.6 is 23.2 Å². The molecule has 2 N–H and O–H groups in total. The Morgan fingerprint density at radius 1 is 1.06 bits per heavy atom. The molecule has 2 atom stereocenters. The van der Waals surface area contributed by atoms with Gasteiger partial charge in [-0.3, -0.25) is 14.8 Å². The Hall–Kier alpha value is -4.68.